The number of nitrogens with one attached hydrogen (secondary N) is 1. The fourth-order valence-corrected chi connectivity index (χ4v) is 2.07. The van der Waals surface area contributed by atoms with Crippen LogP contribution in [0, 0.1) is 0 Å². The lowest BCUT2D eigenvalue weighted by Crippen LogP contribution is -2.40. The summed E-state index contributed by atoms with van der Waals surface area (Å²) in [5.41, 5.74) is 0. The minimum atomic E-state index is 0.0569. The standard InChI is InChI=1S/C12H22N2O3/c1-16-8-9-17-7-6-14-5-4-11(12(14)15)13-10-2-3-10/h10-11,13H,2-9H2,1H3. The van der Waals surface area contributed by atoms with E-state index in [1.54, 1.807) is 7.11 Å². The molecule has 0 radical (unpaired) electrons. The van der Waals surface area contributed by atoms with Crippen LogP contribution in [-0.4, -0.2) is 62.9 Å². The molecule has 1 heterocycles. The molecule has 1 amide bonds. The predicted octanol–water partition coefficient (Wildman–Crippen LogP) is 0.00230. The maximum absolute atomic E-state index is 12.0. The summed E-state index contributed by atoms with van der Waals surface area (Å²) in [6, 6.07) is 0.656. The molecule has 98 valence electrons. The molecule has 1 aliphatic heterocycles. The van der Waals surface area contributed by atoms with Crippen molar-refractivity contribution in [1.29, 1.82) is 0 Å². The molecule has 1 N–H and O–H groups in total. The minimum Gasteiger partial charge on any atom is -0.382 e. The van der Waals surface area contributed by atoms with Gasteiger partial charge in [0.25, 0.3) is 0 Å². The van der Waals surface area contributed by atoms with Gasteiger partial charge in [0.1, 0.15) is 0 Å². The highest BCUT2D eigenvalue weighted by molar-refractivity contribution is 5.84. The van der Waals surface area contributed by atoms with Crippen LogP contribution in [-0.2, 0) is 14.3 Å². The van der Waals surface area contributed by atoms with Gasteiger partial charge in [0.2, 0.25) is 5.91 Å². The number of hydrogen-bond acceptors (Lipinski definition) is 4. The van der Waals surface area contributed by atoms with Crippen molar-refractivity contribution >= 4 is 5.91 Å². The number of methoxy groups -OCH3 is 1. The molecule has 17 heavy (non-hydrogen) atoms. The van der Waals surface area contributed by atoms with Gasteiger partial charge in [-0.3, -0.25) is 4.79 Å². The van der Waals surface area contributed by atoms with Gasteiger partial charge < -0.3 is 19.7 Å². The topological polar surface area (TPSA) is 50.8 Å². The Balaban J connectivity index is 1.59. The summed E-state index contributed by atoms with van der Waals surface area (Å²) in [5.74, 6) is 0.243. The van der Waals surface area contributed by atoms with Crippen LogP contribution in [0.3, 0.4) is 0 Å². The average Bonchev–Trinajstić information content (AvgIpc) is 3.08. The quantitative estimate of drug-likeness (QED) is 0.609. The Morgan fingerprint density at radius 3 is 2.82 bits per heavy atom. The summed E-state index contributed by atoms with van der Waals surface area (Å²) >= 11 is 0. The van der Waals surface area contributed by atoms with Crippen LogP contribution >= 0.6 is 0 Å². The van der Waals surface area contributed by atoms with Gasteiger partial charge in [0.15, 0.2) is 0 Å². The predicted molar refractivity (Wildman–Crippen MR) is 63.8 cm³/mol. The normalized spacial score (nSPS) is 24.6. The lowest BCUT2D eigenvalue weighted by molar-refractivity contribution is -0.130. The van der Waals surface area contributed by atoms with E-state index in [0.717, 1.165) is 13.0 Å². The number of carbonyl (C=O) groups excluding carboxylic acids is 1. The van der Waals surface area contributed by atoms with Crippen molar-refractivity contribution in [3.8, 4) is 0 Å². The van der Waals surface area contributed by atoms with E-state index in [1.807, 2.05) is 4.90 Å². The molecule has 1 atom stereocenters. The Bertz CT molecular complexity index is 256. The molecule has 1 saturated carbocycles. The van der Waals surface area contributed by atoms with Crippen LogP contribution in [0.2, 0.25) is 0 Å². The fraction of sp³-hybridized carbons (Fsp3) is 0.917. The van der Waals surface area contributed by atoms with E-state index in [1.165, 1.54) is 12.8 Å². The molecule has 1 aliphatic carbocycles. The van der Waals surface area contributed by atoms with Crippen molar-refractivity contribution in [3.05, 3.63) is 0 Å². The number of carbonyl (C=O) groups is 1. The minimum absolute atomic E-state index is 0.0569. The number of ether oxygens (including phenoxy) is 2. The third-order valence-corrected chi connectivity index (χ3v) is 3.25. The van der Waals surface area contributed by atoms with E-state index in [0.29, 0.717) is 32.4 Å². The van der Waals surface area contributed by atoms with Crippen LogP contribution in [0.15, 0.2) is 0 Å². The van der Waals surface area contributed by atoms with Crippen LogP contribution < -0.4 is 5.32 Å². The number of amides is 1. The Hall–Kier alpha value is -0.650. The molecule has 0 spiro atoms. The highest BCUT2D eigenvalue weighted by Gasteiger charge is 2.35. The second-order valence-electron chi connectivity index (χ2n) is 4.71. The van der Waals surface area contributed by atoms with Gasteiger partial charge in [-0.05, 0) is 19.3 Å². The smallest absolute Gasteiger partial charge is 0.239 e. The molecule has 2 rings (SSSR count). The number of rotatable bonds is 8. The summed E-state index contributed by atoms with van der Waals surface area (Å²) in [5, 5.41) is 3.39. The Morgan fingerprint density at radius 2 is 2.12 bits per heavy atom. The van der Waals surface area contributed by atoms with E-state index < -0.39 is 0 Å². The molecular weight excluding hydrogens is 220 g/mol. The van der Waals surface area contributed by atoms with Crippen molar-refractivity contribution in [2.45, 2.75) is 31.3 Å². The zero-order valence-corrected chi connectivity index (χ0v) is 10.5. The lowest BCUT2D eigenvalue weighted by atomic mass is 10.2. The first kappa shape index (κ1) is 12.8. The summed E-state index contributed by atoms with van der Waals surface area (Å²) in [4.78, 5) is 13.9. The average molecular weight is 242 g/mol. The molecule has 0 bridgehead atoms. The van der Waals surface area contributed by atoms with Crippen LogP contribution in [0.1, 0.15) is 19.3 Å². The Labute approximate surface area is 102 Å². The SMILES string of the molecule is COCCOCCN1CCC(NC2CC2)C1=O. The molecule has 0 aromatic rings. The van der Waals surface area contributed by atoms with E-state index in [-0.39, 0.29) is 11.9 Å². The molecule has 5 heteroatoms. The molecule has 0 aromatic carbocycles. The highest BCUT2D eigenvalue weighted by atomic mass is 16.5. The lowest BCUT2D eigenvalue weighted by Gasteiger charge is -2.17. The zero-order chi connectivity index (χ0) is 12.1. The molecule has 1 saturated heterocycles. The van der Waals surface area contributed by atoms with Gasteiger partial charge >= 0.3 is 0 Å². The molecule has 0 aromatic heterocycles. The molecule has 1 unspecified atom stereocenters. The zero-order valence-electron chi connectivity index (χ0n) is 10.5. The van der Waals surface area contributed by atoms with E-state index in [2.05, 4.69) is 5.32 Å². The highest BCUT2D eigenvalue weighted by Crippen LogP contribution is 2.22. The first-order chi connectivity index (χ1) is 8.31. The fourth-order valence-electron chi connectivity index (χ4n) is 2.07. The molecule has 2 aliphatic rings. The third-order valence-electron chi connectivity index (χ3n) is 3.25. The Morgan fingerprint density at radius 1 is 1.29 bits per heavy atom. The molecule has 2 fully saturated rings. The van der Waals surface area contributed by atoms with Gasteiger partial charge in [-0.15, -0.1) is 0 Å². The van der Waals surface area contributed by atoms with Gasteiger partial charge in [-0.2, -0.15) is 0 Å². The van der Waals surface area contributed by atoms with Crippen molar-refractivity contribution in [2.75, 3.05) is 40.0 Å². The van der Waals surface area contributed by atoms with Crippen LogP contribution in [0.4, 0.5) is 0 Å². The first-order valence-corrected chi connectivity index (χ1v) is 6.43. The largest absolute Gasteiger partial charge is 0.382 e. The van der Waals surface area contributed by atoms with E-state index >= 15 is 0 Å². The van der Waals surface area contributed by atoms with Crippen molar-refractivity contribution in [1.82, 2.24) is 10.2 Å². The van der Waals surface area contributed by atoms with Gasteiger partial charge in [-0.1, -0.05) is 0 Å². The van der Waals surface area contributed by atoms with Gasteiger partial charge in [0.05, 0.1) is 25.9 Å². The first-order valence-electron chi connectivity index (χ1n) is 6.43. The number of nitrogens with zero attached hydrogens (tertiary/aromatic N) is 1. The van der Waals surface area contributed by atoms with Gasteiger partial charge in [0, 0.05) is 26.2 Å². The van der Waals surface area contributed by atoms with Crippen LogP contribution in [0.25, 0.3) is 0 Å². The summed E-state index contributed by atoms with van der Waals surface area (Å²) in [7, 11) is 1.65. The van der Waals surface area contributed by atoms with Crippen molar-refractivity contribution in [2.24, 2.45) is 0 Å². The van der Waals surface area contributed by atoms with Crippen LogP contribution in [0.5, 0.6) is 0 Å². The second kappa shape index (κ2) is 6.33. The number of likely N-dealkylation sites (tertiary alicyclic amines) is 1. The van der Waals surface area contributed by atoms with E-state index in [4.69, 9.17) is 9.47 Å². The summed E-state index contributed by atoms with van der Waals surface area (Å²) < 4.78 is 10.3. The number of hydrogen-bond donors (Lipinski definition) is 1. The maximum atomic E-state index is 12.0. The maximum Gasteiger partial charge on any atom is 0.239 e. The van der Waals surface area contributed by atoms with Gasteiger partial charge in [-0.25, -0.2) is 0 Å². The Kier molecular flexibility index (Phi) is 4.76. The molecule has 5 nitrogen and oxygen atoms in total. The third kappa shape index (κ3) is 3.94. The summed E-state index contributed by atoms with van der Waals surface area (Å²) in [6.07, 6.45) is 3.39. The second-order valence-corrected chi connectivity index (χ2v) is 4.71. The monoisotopic (exact) mass is 242 g/mol. The van der Waals surface area contributed by atoms with Crippen molar-refractivity contribution in [3.63, 3.8) is 0 Å². The summed E-state index contributed by atoms with van der Waals surface area (Å²) in [6.45, 7) is 3.37. The molecular formula is C12H22N2O3. The van der Waals surface area contributed by atoms with Crippen molar-refractivity contribution < 1.29 is 14.3 Å². The van der Waals surface area contributed by atoms with E-state index in [9.17, 15) is 4.79 Å².